The molecule has 1 aromatic heterocycles. The number of imide groups is 1. The highest BCUT2D eigenvalue weighted by atomic mass is 35.5. The van der Waals surface area contributed by atoms with Crippen LogP contribution in [0.4, 0.5) is 4.79 Å². The number of halogens is 1. The van der Waals surface area contributed by atoms with Crippen LogP contribution in [0.3, 0.4) is 0 Å². The van der Waals surface area contributed by atoms with E-state index in [-0.39, 0.29) is 12.5 Å². The highest BCUT2D eigenvalue weighted by Gasteiger charge is 2.16. The molecule has 0 saturated heterocycles. The zero-order valence-electron chi connectivity index (χ0n) is 12.9. The molecule has 0 aliphatic heterocycles. The van der Waals surface area contributed by atoms with Crippen LogP contribution in [0.5, 0.6) is 0 Å². The third-order valence-corrected chi connectivity index (χ3v) is 4.05. The molecule has 1 rings (SSSR count). The number of carbonyl (C=O) groups excluding carboxylic acids is 2. The molecule has 0 bridgehead atoms. The lowest BCUT2D eigenvalue weighted by molar-refractivity contribution is -0.899. The topological polar surface area (TPSA) is 62.6 Å². The second-order valence-corrected chi connectivity index (χ2v) is 7.25. The van der Waals surface area contributed by atoms with Crippen molar-refractivity contribution in [2.75, 3.05) is 19.6 Å². The average Bonchev–Trinajstić information content (AvgIpc) is 2.82. The van der Waals surface area contributed by atoms with Crippen molar-refractivity contribution in [2.24, 2.45) is 5.92 Å². The number of hydrogen-bond acceptors (Lipinski definition) is 3. The van der Waals surface area contributed by atoms with Gasteiger partial charge in [-0.05, 0) is 24.1 Å². The van der Waals surface area contributed by atoms with Crippen LogP contribution in [0.1, 0.15) is 18.7 Å². The van der Waals surface area contributed by atoms with Gasteiger partial charge in [-0.1, -0.05) is 32.0 Å². The lowest BCUT2D eigenvalue weighted by Crippen LogP contribution is -3.11. The fourth-order valence-electron chi connectivity index (χ4n) is 1.84. The average molecular weight is 345 g/mol. The molecule has 0 fully saturated rings. The number of thiophene rings is 1. The van der Waals surface area contributed by atoms with E-state index in [4.69, 9.17) is 11.6 Å². The highest BCUT2D eigenvalue weighted by molar-refractivity contribution is 7.16. The Morgan fingerprint density at radius 1 is 1.45 bits per heavy atom. The van der Waals surface area contributed by atoms with Gasteiger partial charge in [-0.3, -0.25) is 10.1 Å². The SMILES string of the molecule is C=CC[NH+](CC(=O)NC(=O)NCC(C)C)Cc1ccc(Cl)s1. The number of urea groups is 1. The minimum Gasteiger partial charge on any atom is -0.338 e. The third kappa shape index (κ3) is 7.59. The fourth-order valence-corrected chi connectivity index (χ4v) is 3.00. The standard InChI is InChI=1S/C15H22ClN3O2S/c1-4-7-19(9-12-5-6-13(16)22-12)10-14(20)18-15(21)17-8-11(2)3/h4-6,11H,1,7-10H2,2-3H3,(H2,17,18,20,21)/p+1. The Kier molecular flexibility index (Phi) is 8.16. The van der Waals surface area contributed by atoms with Crippen molar-refractivity contribution < 1.29 is 14.5 Å². The first kappa shape index (κ1) is 18.7. The molecule has 0 radical (unpaired) electrons. The summed E-state index contributed by atoms with van der Waals surface area (Å²) in [5.41, 5.74) is 0. The molecule has 5 nitrogen and oxygen atoms in total. The molecule has 1 atom stereocenters. The van der Waals surface area contributed by atoms with Crippen LogP contribution in [-0.4, -0.2) is 31.6 Å². The molecule has 0 spiro atoms. The first-order valence-corrected chi connectivity index (χ1v) is 8.36. The zero-order valence-corrected chi connectivity index (χ0v) is 14.5. The van der Waals surface area contributed by atoms with Gasteiger partial charge in [0, 0.05) is 6.54 Å². The second kappa shape index (κ2) is 9.61. The molecule has 0 aromatic carbocycles. The summed E-state index contributed by atoms with van der Waals surface area (Å²) in [6, 6.07) is 3.34. The van der Waals surface area contributed by atoms with Gasteiger partial charge in [0.2, 0.25) is 0 Å². The summed E-state index contributed by atoms with van der Waals surface area (Å²) in [7, 11) is 0. The van der Waals surface area contributed by atoms with E-state index in [1.54, 1.807) is 6.08 Å². The Hall–Kier alpha value is -1.37. The van der Waals surface area contributed by atoms with Crippen LogP contribution >= 0.6 is 22.9 Å². The molecule has 22 heavy (non-hydrogen) atoms. The Labute approximate surface area is 140 Å². The van der Waals surface area contributed by atoms with E-state index < -0.39 is 6.03 Å². The number of nitrogens with one attached hydrogen (secondary N) is 3. The Bertz CT molecular complexity index is 517. The van der Waals surface area contributed by atoms with Crippen molar-refractivity contribution in [3.8, 4) is 0 Å². The maximum Gasteiger partial charge on any atom is 0.321 e. The van der Waals surface area contributed by atoms with E-state index in [0.29, 0.717) is 25.6 Å². The molecular formula is C15H23ClN3O2S+. The summed E-state index contributed by atoms with van der Waals surface area (Å²) in [5.74, 6) is 0.0353. The van der Waals surface area contributed by atoms with Crippen LogP contribution in [0.15, 0.2) is 24.8 Å². The number of rotatable bonds is 8. The Morgan fingerprint density at radius 3 is 2.73 bits per heavy atom. The maximum atomic E-state index is 11.9. The number of carbonyl (C=O) groups is 2. The van der Waals surface area contributed by atoms with Crippen LogP contribution in [0, 0.1) is 5.92 Å². The van der Waals surface area contributed by atoms with Gasteiger partial charge in [-0.2, -0.15) is 0 Å². The summed E-state index contributed by atoms with van der Waals surface area (Å²) in [6.07, 6.45) is 1.76. The van der Waals surface area contributed by atoms with Gasteiger partial charge in [0.25, 0.3) is 5.91 Å². The summed E-state index contributed by atoms with van der Waals surface area (Å²) in [4.78, 5) is 25.6. The predicted octanol–water partition coefficient (Wildman–Crippen LogP) is 1.45. The van der Waals surface area contributed by atoms with E-state index in [1.165, 1.54) is 11.3 Å². The van der Waals surface area contributed by atoms with Gasteiger partial charge in [0.1, 0.15) is 6.54 Å². The van der Waals surface area contributed by atoms with Crippen LogP contribution in [-0.2, 0) is 11.3 Å². The van der Waals surface area contributed by atoms with E-state index in [1.807, 2.05) is 26.0 Å². The van der Waals surface area contributed by atoms with Crippen molar-refractivity contribution in [2.45, 2.75) is 20.4 Å². The summed E-state index contributed by atoms with van der Waals surface area (Å²) in [6.45, 7) is 9.74. The smallest absolute Gasteiger partial charge is 0.321 e. The van der Waals surface area contributed by atoms with Gasteiger partial charge < -0.3 is 10.2 Å². The molecule has 1 heterocycles. The van der Waals surface area contributed by atoms with E-state index in [0.717, 1.165) is 14.1 Å². The Balaban J connectivity index is 2.46. The van der Waals surface area contributed by atoms with Crippen LogP contribution in [0.25, 0.3) is 0 Å². The summed E-state index contributed by atoms with van der Waals surface area (Å²) in [5, 5.41) is 5.00. The highest BCUT2D eigenvalue weighted by Crippen LogP contribution is 2.20. The number of amides is 3. The van der Waals surface area contributed by atoms with Gasteiger partial charge in [0.05, 0.1) is 15.8 Å². The van der Waals surface area contributed by atoms with Crippen molar-refractivity contribution in [1.82, 2.24) is 10.6 Å². The van der Waals surface area contributed by atoms with Crippen molar-refractivity contribution in [1.29, 1.82) is 0 Å². The maximum absolute atomic E-state index is 11.9. The minimum absolute atomic E-state index is 0.205. The molecule has 0 saturated carbocycles. The molecule has 3 amide bonds. The summed E-state index contributed by atoms with van der Waals surface area (Å²) < 4.78 is 0.727. The molecule has 1 aromatic rings. The quantitative estimate of drug-likeness (QED) is 0.625. The monoisotopic (exact) mass is 344 g/mol. The van der Waals surface area contributed by atoms with Crippen molar-refractivity contribution >= 4 is 34.9 Å². The van der Waals surface area contributed by atoms with E-state index in [2.05, 4.69) is 17.2 Å². The van der Waals surface area contributed by atoms with Crippen molar-refractivity contribution in [3.05, 3.63) is 34.0 Å². The molecule has 3 N–H and O–H groups in total. The van der Waals surface area contributed by atoms with Gasteiger partial charge in [0.15, 0.2) is 6.54 Å². The lowest BCUT2D eigenvalue weighted by atomic mass is 10.2. The largest absolute Gasteiger partial charge is 0.338 e. The minimum atomic E-state index is -0.448. The predicted molar refractivity (Wildman–Crippen MR) is 90.3 cm³/mol. The first-order chi connectivity index (χ1) is 10.4. The summed E-state index contributed by atoms with van der Waals surface area (Å²) >= 11 is 7.41. The lowest BCUT2D eigenvalue weighted by Gasteiger charge is -2.16. The molecular weight excluding hydrogens is 322 g/mol. The molecule has 122 valence electrons. The van der Waals surface area contributed by atoms with E-state index in [9.17, 15) is 9.59 Å². The van der Waals surface area contributed by atoms with Crippen LogP contribution in [0.2, 0.25) is 4.34 Å². The van der Waals surface area contributed by atoms with Crippen LogP contribution < -0.4 is 15.5 Å². The second-order valence-electron chi connectivity index (χ2n) is 5.45. The van der Waals surface area contributed by atoms with Gasteiger partial charge in [-0.25, -0.2) is 4.79 Å². The van der Waals surface area contributed by atoms with Gasteiger partial charge >= 0.3 is 6.03 Å². The Morgan fingerprint density at radius 2 is 2.18 bits per heavy atom. The molecule has 7 heteroatoms. The van der Waals surface area contributed by atoms with Gasteiger partial charge in [-0.15, -0.1) is 11.3 Å². The number of quaternary nitrogens is 1. The third-order valence-electron chi connectivity index (χ3n) is 2.82. The van der Waals surface area contributed by atoms with Crippen molar-refractivity contribution in [3.63, 3.8) is 0 Å². The molecule has 0 aliphatic carbocycles. The first-order valence-electron chi connectivity index (χ1n) is 7.17. The molecule has 1 unspecified atom stereocenters. The number of hydrogen-bond donors (Lipinski definition) is 3. The fraction of sp³-hybridized carbons (Fsp3) is 0.467. The normalized spacial score (nSPS) is 12.0. The van der Waals surface area contributed by atoms with E-state index >= 15 is 0 Å². The molecule has 0 aliphatic rings. The zero-order chi connectivity index (χ0) is 16.5.